The zero-order valence-electron chi connectivity index (χ0n) is 18.8. The highest BCUT2D eigenvalue weighted by Gasteiger charge is 2.31. The van der Waals surface area contributed by atoms with Crippen molar-refractivity contribution in [1.29, 1.82) is 0 Å². The number of halogens is 4. The Bertz CT molecular complexity index is 1350. The highest BCUT2D eigenvalue weighted by molar-refractivity contribution is 7.99. The smallest absolute Gasteiger partial charge is 0.416 e. The van der Waals surface area contributed by atoms with Crippen LogP contribution in [0.5, 0.6) is 5.75 Å². The minimum atomic E-state index is -4.56. The highest BCUT2D eigenvalue weighted by Crippen LogP contribution is 2.34. The van der Waals surface area contributed by atoms with Gasteiger partial charge in [0.2, 0.25) is 5.91 Å². The first-order chi connectivity index (χ1) is 17.3. The van der Waals surface area contributed by atoms with Crippen LogP contribution in [0.4, 0.5) is 18.9 Å². The van der Waals surface area contributed by atoms with Crippen molar-refractivity contribution < 1.29 is 22.7 Å². The molecule has 2 heterocycles. The molecule has 36 heavy (non-hydrogen) atoms. The van der Waals surface area contributed by atoms with Gasteiger partial charge in [0.15, 0.2) is 11.0 Å². The number of amides is 1. The molecule has 0 radical (unpaired) electrons. The maximum atomic E-state index is 13.0. The summed E-state index contributed by atoms with van der Waals surface area (Å²) in [6, 6.07) is 13.6. The van der Waals surface area contributed by atoms with Gasteiger partial charge in [-0.15, -0.1) is 10.2 Å². The van der Waals surface area contributed by atoms with Gasteiger partial charge in [-0.3, -0.25) is 14.3 Å². The molecule has 0 bridgehead atoms. The SMILES string of the molecule is CCOc1ccc(-n2c(SCC(=O)Nc3cc(C(F)(F)F)ccc3Cl)nnc2-c2cccnc2)cc1. The van der Waals surface area contributed by atoms with Gasteiger partial charge < -0.3 is 10.1 Å². The molecule has 12 heteroatoms. The van der Waals surface area contributed by atoms with E-state index in [-0.39, 0.29) is 16.5 Å². The molecule has 0 fully saturated rings. The number of benzene rings is 2. The van der Waals surface area contributed by atoms with Crippen LogP contribution in [0.1, 0.15) is 12.5 Å². The van der Waals surface area contributed by atoms with Crippen LogP contribution in [0.15, 0.2) is 72.1 Å². The Kier molecular flexibility index (Phi) is 7.80. The number of nitrogens with one attached hydrogen (secondary N) is 1. The third kappa shape index (κ3) is 5.97. The van der Waals surface area contributed by atoms with Crippen LogP contribution in [-0.4, -0.2) is 38.0 Å². The van der Waals surface area contributed by atoms with Crippen molar-refractivity contribution in [3.8, 4) is 22.8 Å². The Morgan fingerprint density at radius 3 is 2.58 bits per heavy atom. The predicted molar refractivity (Wildman–Crippen MR) is 132 cm³/mol. The van der Waals surface area contributed by atoms with Crippen LogP contribution in [0.2, 0.25) is 5.02 Å². The van der Waals surface area contributed by atoms with Crippen LogP contribution in [0.25, 0.3) is 17.1 Å². The number of carbonyl (C=O) groups excluding carboxylic acids is 1. The van der Waals surface area contributed by atoms with Gasteiger partial charge in [0.05, 0.1) is 28.6 Å². The van der Waals surface area contributed by atoms with Crippen LogP contribution < -0.4 is 10.1 Å². The summed E-state index contributed by atoms with van der Waals surface area (Å²) >= 11 is 7.06. The molecular formula is C24H19ClF3N5O2S. The van der Waals surface area contributed by atoms with E-state index < -0.39 is 17.6 Å². The molecule has 4 aromatic rings. The number of thioether (sulfide) groups is 1. The summed E-state index contributed by atoms with van der Waals surface area (Å²) in [5, 5.41) is 11.4. The van der Waals surface area contributed by atoms with Crippen LogP contribution in [0.3, 0.4) is 0 Å². The van der Waals surface area contributed by atoms with E-state index in [9.17, 15) is 18.0 Å². The molecule has 186 valence electrons. The third-order valence-electron chi connectivity index (χ3n) is 4.86. The minimum absolute atomic E-state index is 0.00207. The number of hydrogen-bond acceptors (Lipinski definition) is 6. The molecule has 2 aromatic heterocycles. The van der Waals surface area contributed by atoms with E-state index in [1.54, 1.807) is 23.0 Å². The molecule has 0 aliphatic carbocycles. The van der Waals surface area contributed by atoms with Crippen molar-refractivity contribution in [1.82, 2.24) is 19.7 Å². The Labute approximate surface area is 213 Å². The molecule has 0 saturated heterocycles. The number of ether oxygens (including phenoxy) is 1. The van der Waals surface area contributed by atoms with E-state index in [1.165, 1.54) is 0 Å². The van der Waals surface area contributed by atoms with Crippen molar-refractivity contribution in [3.63, 3.8) is 0 Å². The normalized spacial score (nSPS) is 11.4. The number of pyridine rings is 1. The second-order valence-corrected chi connectivity index (χ2v) is 8.69. The Morgan fingerprint density at radius 2 is 1.92 bits per heavy atom. The van der Waals surface area contributed by atoms with Crippen LogP contribution in [0, 0.1) is 0 Å². The first kappa shape index (κ1) is 25.5. The fourth-order valence-corrected chi connectivity index (χ4v) is 4.17. The second-order valence-electron chi connectivity index (χ2n) is 7.34. The maximum absolute atomic E-state index is 13.0. The lowest BCUT2D eigenvalue weighted by molar-refractivity contribution is -0.137. The zero-order valence-corrected chi connectivity index (χ0v) is 20.4. The molecule has 2 aromatic carbocycles. The molecule has 0 unspecified atom stereocenters. The summed E-state index contributed by atoms with van der Waals surface area (Å²) in [6.07, 6.45) is -1.28. The summed E-state index contributed by atoms with van der Waals surface area (Å²) in [5.41, 5.74) is 0.407. The number of hydrogen-bond donors (Lipinski definition) is 1. The van der Waals surface area contributed by atoms with Gasteiger partial charge in [-0.25, -0.2) is 0 Å². The molecule has 0 spiro atoms. The minimum Gasteiger partial charge on any atom is -0.494 e. The number of aromatic nitrogens is 4. The zero-order chi connectivity index (χ0) is 25.7. The van der Waals surface area contributed by atoms with E-state index in [0.29, 0.717) is 28.9 Å². The summed E-state index contributed by atoms with van der Waals surface area (Å²) in [4.78, 5) is 16.7. The number of nitrogens with zero attached hydrogens (tertiary/aromatic N) is 4. The van der Waals surface area contributed by atoms with Gasteiger partial charge in [-0.05, 0) is 61.5 Å². The lowest BCUT2D eigenvalue weighted by Gasteiger charge is -2.12. The number of carbonyl (C=O) groups is 1. The standard InChI is InChI=1S/C24H19ClF3N5O2S/c1-2-35-18-8-6-17(7-9-18)33-22(15-4-3-11-29-13-15)31-32-23(33)36-14-21(34)30-20-12-16(24(26,27)28)5-10-19(20)25/h3-13H,2,14H2,1H3,(H,30,34). The van der Waals surface area contributed by atoms with E-state index in [1.807, 2.05) is 37.3 Å². The van der Waals surface area contributed by atoms with Crippen LogP contribution >= 0.6 is 23.4 Å². The Balaban J connectivity index is 1.57. The van der Waals surface area contributed by atoms with Crippen molar-refractivity contribution in [2.24, 2.45) is 0 Å². The number of alkyl halides is 3. The summed E-state index contributed by atoms with van der Waals surface area (Å²) in [7, 11) is 0. The molecule has 0 aliphatic rings. The maximum Gasteiger partial charge on any atom is 0.416 e. The fourth-order valence-electron chi connectivity index (χ4n) is 3.25. The lowest BCUT2D eigenvalue weighted by Crippen LogP contribution is -2.16. The largest absolute Gasteiger partial charge is 0.494 e. The molecule has 0 atom stereocenters. The lowest BCUT2D eigenvalue weighted by atomic mass is 10.2. The summed E-state index contributed by atoms with van der Waals surface area (Å²) in [6.45, 7) is 2.42. The molecule has 7 nitrogen and oxygen atoms in total. The Hall–Kier alpha value is -3.57. The average Bonchev–Trinajstić information content (AvgIpc) is 3.29. The molecule has 0 saturated carbocycles. The van der Waals surface area contributed by atoms with Gasteiger partial charge in [0.1, 0.15) is 5.75 Å². The van der Waals surface area contributed by atoms with Gasteiger partial charge in [-0.2, -0.15) is 13.2 Å². The van der Waals surface area contributed by atoms with Gasteiger partial charge >= 0.3 is 6.18 Å². The van der Waals surface area contributed by atoms with Crippen molar-refractivity contribution >= 4 is 35.0 Å². The number of rotatable bonds is 8. The first-order valence-corrected chi connectivity index (χ1v) is 12.0. The molecule has 1 amide bonds. The van der Waals surface area contributed by atoms with Gasteiger partial charge in [-0.1, -0.05) is 23.4 Å². The fraction of sp³-hybridized carbons (Fsp3) is 0.167. The predicted octanol–water partition coefficient (Wildman–Crippen LogP) is 6.13. The van der Waals surface area contributed by atoms with Crippen molar-refractivity contribution in [2.75, 3.05) is 17.7 Å². The molecule has 0 aliphatic heterocycles. The van der Waals surface area contributed by atoms with E-state index >= 15 is 0 Å². The number of anilines is 1. The Morgan fingerprint density at radius 1 is 1.14 bits per heavy atom. The summed E-state index contributed by atoms with van der Waals surface area (Å²) < 4.78 is 46.4. The van der Waals surface area contributed by atoms with Gasteiger partial charge in [0.25, 0.3) is 0 Å². The van der Waals surface area contributed by atoms with Crippen molar-refractivity contribution in [3.05, 3.63) is 77.6 Å². The highest BCUT2D eigenvalue weighted by atomic mass is 35.5. The quantitative estimate of drug-likeness (QED) is 0.274. The molecule has 1 N–H and O–H groups in total. The average molecular weight is 534 g/mol. The molecule has 4 rings (SSSR count). The van der Waals surface area contributed by atoms with Crippen LogP contribution in [-0.2, 0) is 11.0 Å². The van der Waals surface area contributed by atoms with E-state index in [0.717, 1.165) is 35.6 Å². The van der Waals surface area contributed by atoms with E-state index in [2.05, 4.69) is 20.5 Å². The van der Waals surface area contributed by atoms with Crippen molar-refractivity contribution in [2.45, 2.75) is 18.3 Å². The van der Waals surface area contributed by atoms with E-state index in [4.69, 9.17) is 16.3 Å². The second kappa shape index (κ2) is 11.0. The summed E-state index contributed by atoms with van der Waals surface area (Å²) in [5.74, 6) is 0.514. The topological polar surface area (TPSA) is 81.9 Å². The molecular weight excluding hydrogens is 515 g/mol. The third-order valence-corrected chi connectivity index (χ3v) is 6.12. The monoisotopic (exact) mass is 533 g/mol. The first-order valence-electron chi connectivity index (χ1n) is 10.6. The van der Waals surface area contributed by atoms with Gasteiger partial charge in [0, 0.05) is 23.6 Å².